The second-order valence-corrected chi connectivity index (χ2v) is 6.60. The van der Waals surface area contributed by atoms with Crippen molar-refractivity contribution >= 4 is 33.7 Å². The van der Waals surface area contributed by atoms with E-state index in [1.807, 2.05) is 24.3 Å². The van der Waals surface area contributed by atoms with Gasteiger partial charge in [0.05, 0.1) is 23.1 Å². The normalized spacial score (nSPS) is 13.2. The number of hydrogen-bond acceptors (Lipinski definition) is 4. The van der Waals surface area contributed by atoms with Crippen molar-refractivity contribution in [1.29, 1.82) is 0 Å². The van der Waals surface area contributed by atoms with E-state index in [9.17, 15) is 14.4 Å². The molecule has 1 aromatic heterocycles. The predicted octanol–water partition coefficient (Wildman–Crippen LogP) is 0.983. The SMILES string of the molecule is Cc1c(C(=O)NNC(=O)C(=O)NC2CC2)cnn1-c1ccc(Br)cc1. The number of benzene rings is 1. The van der Waals surface area contributed by atoms with E-state index < -0.39 is 17.7 Å². The van der Waals surface area contributed by atoms with Crippen molar-refractivity contribution in [3.05, 3.63) is 46.2 Å². The molecule has 8 nitrogen and oxygen atoms in total. The van der Waals surface area contributed by atoms with E-state index in [-0.39, 0.29) is 6.04 Å². The summed E-state index contributed by atoms with van der Waals surface area (Å²) in [4.78, 5) is 35.4. The zero-order valence-electron chi connectivity index (χ0n) is 13.4. The number of carbonyl (C=O) groups is 3. The van der Waals surface area contributed by atoms with Crippen LogP contribution in [0.15, 0.2) is 34.9 Å². The number of amides is 3. The molecule has 0 aliphatic heterocycles. The first-order valence-electron chi connectivity index (χ1n) is 7.67. The number of halogens is 1. The van der Waals surface area contributed by atoms with Gasteiger partial charge in [-0.15, -0.1) is 0 Å². The van der Waals surface area contributed by atoms with Crippen LogP contribution in [0.1, 0.15) is 28.9 Å². The minimum Gasteiger partial charge on any atom is -0.345 e. The maximum atomic E-state index is 12.2. The van der Waals surface area contributed by atoms with E-state index in [0.29, 0.717) is 11.3 Å². The van der Waals surface area contributed by atoms with Crippen LogP contribution in [0.4, 0.5) is 0 Å². The van der Waals surface area contributed by atoms with Gasteiger partial charge in [-0.1, -0.05) is 15.9 Å². The summed E-state index contributed by atoms with van der Waals surface area (Å²) in [6.07, 6.45) is 3.16. The number of hydrogen-bond donors (Lipinski definition) is 3. The predicted molar refractivity (Wildman–Crippen MR) is 92.8 cm³/mol. The highest BCUT2D eigenvalue weighted by Crippen LogP contribution is 2.18. The summed E-state index contributed by atoms with van der Waals surface area (Å²) in [7, 11) is 0. The summed E-state index contributed by atoms with van der Waals surface area (Å²) >= 11 is 3.36. The molecule has 1 saturated carbocycles. The molecule has 1 aliphatic rings. The monoisotopic (exact) mass is 405 g/mol. The van der Waals surface area contributed by atoms with Gasteiger partial charge in [-0.2, -0.15) is 5.10 Å². The second-order valence-electron chi connectivity index (χ2n) is 5.69. The molecule has 9 heteroatoms. The third-order valence-corrected chi connectivity index (χ3v) is 4.26. The maximum Gasteiger partial charge on any atom is 0.327 e. The van der Waals surface area contributed by atoms with Crippen LogP contribution in [0.2, 0.25) is 0 Å². The molecule has 1 heterocycles. The Hall–Kier alpha value is -2.68. The van der Waals surface area contributed by atoms with E-state index in [2.05, 4.69) is 37.2 Å². The molecule has 0 unspecified atom stereocenters. The molecule has 25 heavy (non-hydrogen) atoms. The van der Waals surface area contributed by atoms with Gasteiger partial charge in [-0.3, -0.25) is 25.2 Å². The Morgan fingerprint density at radius 2 is 1.80 bits per heavy atom. The molecule has 3 N–H and O–H groups in total. The molecule has 1 aliphatic carbocycles. The van der Waals surface area contributed by atoms with Crippen LogP contribution in [0, 0.1) is 6.92 Å². The lowest BCUT2D eigenvalue weighted by molar-refractivity contribution is -0.139. The smallest absolute Gasteiger partial charge is 0.327 e. The Morgan fingerprint density at radius 1 is 1.12 bits per heavy atom. The van der Waals surface area contributed by atoms with Crippen molar-refractivity contribution in [2.75, 3.05) is 0 Å². The molecular weight excluding hydrogens is 390 g/mol. The summed E-state index contributed by atoms with van der Waals surface area (Å²) in [5, 5.41) is 6.73. The lowest BCUT2D eigenvalue weighted by Gasteiger charge is -2.08. The maximum absolute atomic E-state index is 12.2. The minimum atomic E-state index is -0.904. The molecule has 0 radical (unpaired) electrons. The topological polar surface area (TPSA) is 105 Å². The van der Waals surface area contributed by atoms with Gasteiger partial charge in [0.2, 0.25) is 0 Å². The van der Waals surface area contributed by atoms with E-state index in [4.69, 9.17) is 0 Å². The van der Waals surface area contributed by atoms with Crippen molar-refractivity contribution in [3.8, 4) is 5.69 Å². The van der Waals surface area contributed by atoms with Crippen molar-refractivity contribution in [2.45, 2.75) is 25.8 Å². The Kier molecular flexibility index (Phi) is 4.84. The molecule has 3 rings (SSSR count). The second kappa shape index (κ2) is 7.06. The fourth-order valence-electron chi connectivity index (χ4n) is 2.19. The molecule has 0 saturated heterocycles. The van der Waals surface area contributed by atoms with Crippen LogP contribution < -0.4 is 16.2 Å². The number of carbonyl (C=O) groups excluding carboxylic acids is 3. The van der Waals surface area contributed by atoms with Crippen molar-refractivity contribution in [1.82, 2.24) is 25.9 Å². The number of nitrogens with one attached hydrogen (secondary N) is 3. The zero-order valence-corrected chi connectivity index (χ0v) is 15.0. The largest absolute Gasteiger partial charge is 0.345 e. The average Bonchev–Trinajstić information content (AvgIpc) is 3.33. The number of hydrazine groups is 1. The molecule has 1 fully saturated rings. The van der Waals surface area contributed by atoms with Gasteiger partial charge < -0.3 is 5.32 Å². The number of nitrogens with zero attached hydrogens (tertiary/aromatic N) is 2. The number of rotatable bonds is 3. The lowest BCUT2D eigenvalue weighted by Crippen LogP contribution is -2.49. The van der Waals surface area contributed by atoms with E-state index >= 15 is 0 Å². The molecule has 0 atom stereocenters. The third kappa shape index (κ3) is 4.05. The van der Waals surface area contributed by atoms with Crippen molar-refractivity contribution in [3.63, 3.8) is 0 Å². The number of aromatic nitrogens is 2. The summed E-state index contributed by atoms with van der Waals surface area (Å²) in [5.41, 5.74) is 6.04. The van der Waals surface area contributed by atoms with Gasteiger partial charge in [0, 0.05) is 10.5 Å². The van der Waals surface area contributed by atoms with Crippen LogP contribution in [0.3, 0.4) is 0 Å². The standard InChI is InChI=1S/C16H16BrN5O3/c1-9-13(8-18-22(9)12-6-2-10(17)3-7-12)14(23)20-21-16(25)15(24)19-11-4-5-11/h2-3,6-8,11H,4-5H2,1H3,(H,19,24)(H,20,23)(H,21,25). The van der Waals surface area contributed by atoms with Crippen LogP contribution >= 0.6 is 15.9 Å². The van der Waals surface area contributed by atoms with Gasteiger partial charge in [0.25, 0.3) is 5.91 Å². The Morgan fingerprint density at radius 3 is 2.44 bits per heavy atom. The van der Waals surface area contributed by atoms with Gasteiger partial charge in [-0.25, -0.2) is 4.68 Å². The van der Waals surface area contributed by atoms with E-state index in [0.717, 1.165) is 23.0 Å². The van der Waals surface area contributed by atoms with E-state index in [1.165, 1.54) is 6.20 Å². The summed E-state index contributed by atoms with van der Waals surface area (Å²) in [6.45, 7) is 1.74. The van der Waals surface area contributed by atoms with Crippen LogP contribution in [-0.4, -0.2) is 33.5 Å². The molecule has 0 spiro atoms. The first-order chi connectivity index (χ1) is 12.0. The highest BCUT2D eigenvalue weighted by atomic mass is 79.9. The summed E-state index contributed by atoms with van der Waals surface area (Å²) in [6, 6.07) is 7.52. The van der Waals surface area contributed by atoms with Crippen molar-refractivity contribution in [2.24, 2.45) is 0 Å². The quantitative estimate of drug-likeness (QED) is 0.522. The van der Waals surface area contributed by atoms with Gasteiger partial charge in [0.15, 0.2) is 0 Å². The minimum absolute atomic E-state index is 0.0698. The average molecular weight is 406 g/mol. The third-order valence-electron chi connectivity index (χ3n) is 3.73. The molecule has 3 amide bonds. The fourth-order valence-corrected chi connectivity index (χ4v) is 2.46. The first kappa shape index (κ1) is 17.2. The highest BCUT2D eigenvalue weighted by Gasteiger charge is 2.26. The zero-order chi connectivity index (χ0) is 18.0. The summed E-state index contributed by atoms with van der Waals surface area (Å²) < 4.78 is 2.55. The molecule has 2 aromatic rings. The van der Waals surface area contributed by atoms with Crippen LogP contribution in [-0.2, 0) is 9.59 Å². The van der Waals surface area contributed by atoms with Gasteiger partial charge in [0.1, 0.15) is 0 Å². The first-order valence-corrected chi connectivity index (χ1v) is 8.46. The van der Waals surface area contributed by atoms with Gasteiger partial charge in [-0.05, 0) is 44.0 Å². The Bertz CT molecular complexity index is 827. The highest BCUT2D eigenvalue weighted by molar-refractivity contribution is 9.10. The van der Waals surface area contributed by atoms with Crippen LogP contribution in [0.5, 0.6) is 0 Å². The summed E-state index contributed by atoms with van der Waals surface area (Å²) in [5.74, 6) is -2.21. The lowest BCUT2D eigenvalue weighted by atomic mass is 10.2. The van der Waals surface area contributed by atoms with Crippen LogP contribution in [0.25, 0.3) is 5.69 Å². The van der Waals surface area contributed by atoms with Gasteiger partial charge >= 0.3 is 11.8 Å². The molecule has 1 aromatic carbocycles. The Balaban J connectivity index is 1.63. The molecule has 0 bridgehead atoms. The Labute approximate surface area is 152 Å². The fraction of sp³-hybridized carbons (Fsp3) is 0.250. The van der Waals surface area contributed by atoms with E-state index in [1.54, 1.807) is 11.6 Å². The van der Waals surface area contributed by atoms with Crippen molar-refractivity contribution < 1.29 is 14.4 Å². The molecule has 130 valence electrons. The molecular formula is C16H16BrN5O3.